The van der Waals surface area contributed by atoms with Crippen LogP contribution in [0.3, 0.4) is 0 Å². The van der Waals surface area contributed by atoms with Crippen LogP contribution < -0.4 is 5.48 Å². The van der Waals surface area contributed by atoms with Crippen molar-refractivity contribution in [2.24, 2.45) is 0 Å². The molecule has 2 rings (SSSR count). The van der Waals surface area contributed by atoms with E-state index in [2.05, 4.69) is 20.4 Å². The molecule has 1 amide bonds. The average Bonchev–Trinajstić information content (AvgIpc) is 2.83. The number of hydrogen-bond donors (Lipinski definition) is 1. The van der Waals surface area contributed by atoms with Crippen LogP contribution in [0.1, 0.15) is 15.9 Å². The van der Waals surface area contributed by atoms with E-state index >= 15 is 0 Å². The second-order valence-electron chi connectivity index (χ2n) is 3.43. The predicted molar refractivity (Wildman–Crippen MR) is 60.0 cm³/mol. The first-order valence-corrected chi connectivity index (χ1v) is 5.04. The summed E-state index contributed by atoms with van der Waals surface area (Å²) in [6.45, 7) is 0.631. The number of benzene rings is 1. The third-order valence-corrected chi connectivity index (χ3v) is 2.22. The maximum Gasteiger partial charge on any atom is 0.274 e. The van der Waals surface area contributed by atoms with Crippen LogP contribution in [0.5, 0.6) is 0 Å². The Balaban J connectivity index is 2.05. The van der Waals surface area contributed by atoms with Crippen molar-refractivity contribution < 1.29 is 9.63 Å². The topological polar surface area (TPSA) is 69.0 Å². The first-order valence-electron chi connectivity index (χ1n) is 5.04. The Morgan fingerprint density at radius 1 is 1.41 bits per heavy atom. The summed E-state index contributed by atoms with van der Waals surface area (Å²) in [7, 11) is 1.40. The summed E-state index contributed by atoms with van der Waals surface area (Å²) < 4.78 is 1.71. The Labute approximate surface area is 98.2 Å². The number of hydrogen-bond acceptors (Lipinski definition) is 4. The zero-order chi connectivity index (χ0) is 12.1. The molecule has 6 nitrogen and oxygen atoms in total. The van der Waals surface area contributed by atoms with Gasteiger partial charge < -0.3 is 0 Å². The van der Waals surface area contributed by atoms with E-state index in [4.69, 9.17) is 0 Å². The van der Waals surface area contributed by atoms with Gasteiger partial charge in [-0.2, -0.15) is 5.10 Å². The third kappa shape index (κ3) is 2.88. The van der Waals surface area contributed by atoms with Gasteiger partial charge in [0.15, 0.2) is 0 Å². The second kappa shape index (κ2) is 5.22. The lowest BCUT2D eigenvalue weighted by atomic mass is 10.1. The Kier molecular flexibility index (Phi) is 3.46. The van der Waals surface area contributed by atoms with E-state index in [0.717, 1.165) is 5.56 Å². The molecule has 1 heterocycles. The van der Waals surface area contributed by atoms with Gasteiger partial charge in [-0.1, -0.05) is 12.1 Å². The summed E-state index contributed by atoms with van der Waals surface area (Å²) in [5.41, 5.74) is 3.86. The number of nitrogens with one attached hydrogen (secondary N) is 1. The van der Waals surface area contributed by atoms with Crippen molar-refractivity contribution in [3.8, 4) is 0 Å². The molecular formula is C11H12N4O2. The van der Waals surface area contributed by atoms with Crippen LogP contribution in [0.25, 0.3) is 0 Å². The monoisotopic (exact) mass is 232 g/mol. The Morgan fingerprint density at radius 2 is 2.18 bits per heavy atom. The fourth-order valence-corrected chi connectivity index (χ4v) is 1.41. The van der Waals surface area contributed by atoms with Crippen LogP contribution in [-0.4, -0.2) is 27.8 Å². The highest BCUT2D eigenvalue weighted by Crippen LogP contribution is 2.05. The molecule has 6 heteroatoms. The smallest absolute Gasteiger partial charge is 0.274 e. The van der Waals surface area contributed by atoms with Gasteiger partial charge in [-0.15, -0.1) is 0 Å². The molecule has 0 saturated heterocycles. The highest BCUT2D eigenvalue weighted by atomic mass is 16.6. The first-order chi connectivity index (χ1) is 8.29. The van der Waals surface area contributed by atoms with Crippen LogP contribution in [0, 0.1) is 0 Å². The summed E-state index contributed by atoms with van der Waals surface area (Å²) in [6, 6.07) is 7.21. The van der Waals surface area contributed by atoms with Gasteiger partial charge in [0.05, 0.1) is 13.7 Å². The molecule has 0 atom stereocenters. The van der Waals surface area contributed by atoms with Gasteiger partial charge in [0, 0.05) is 5.56 Å². The fourth-order valence-electron chi connectivity index (χ4n) is 1.41. The van der Waals surface area contributed by atoms with Gasteiger partial charge in [-0.05, 0) is 17.7 Å². The van der Waals surface area contributed by atoms with Gasteiger partial charge in [-0.3, -0.25) is 9.63 Å². The predicted octanol–water partition coefficient (Wildman–Crippen LogP) is 0.618. The van der Waals surface area contributed by atoms with E-state index < -0.39 is 0 Å². The summed E-state index contributed by atoms with van der Waals surface area (Å²) in [5, 5.41) is 4.00. The molecule has 0 aliphatic carbocycles. The molecular weight excluding hydrogens is 220 g/mol. The number of carbonyl (C=O) groups excluding carboxylic acids is 1. The molecule has 2 aromatic rings. The van der Waals surface area contributed by atoms with E-state index in [-0.39, 0.29) is 5.91 Å². The van der Waals surface area contributed by atoms with Crippen molar-refractivity contribution in [1.29, 1.82) is 0 Å². The number of rotatable bonds is 4. The lowest BCUT2D eigenvalue weighted by Gasteiger charge is -2.04. The summed E-state index contributed by atoms with van der Waals surface area (Å²) in [4.78, 5) is 19.8. The SMILES string of the molecule is CONC(=O)c1ccc(Cn2cncn2)cc1. The van der Waals surface area contributed by atoms with Crippen molar-refractivity contribution in [2.45, 2.75) is 6.54 Å². The molecule has 0 aliphatic heterocycles. The number of carbonyl (C=O) groups is 1. The lowest BCUT2D eigenvalue weighted by molar-refractivity contribution is 0.0537. The van der Waals surface area contributed by atoms with Crippen molar-refractivity contribution in [1.82, 2.24) is 20.2 Å². The van der Waals surface area contributed by atoms with E-state index in [0.29, 0.717) is 12.1 Å². The highest BCUT2D eigenvalue weighted by Gasteiger charge is 2.04. The van der Waals surface area contributed by atoms with E-state index in [1.165, 1.54) is 13.4 Å². The van der Waals surface area contributed by atoms with E-state index in [1.54, 1.807) is 23.1 Å². The summed E-state index contributed by atoms with van der Waals surface area (Å²) >= 11 is 0. The molecule has 0 unspecified atom stereocenters. The maximum absolute atomic E-state index is 11.4. The largest absolute Gasteiger partial charge is 0.277 e. The highest BCUT2D eigenvalue weighted by molar-refractivity contribution is 5.93. The molecule has 0 radical (unpaired) electrons. The molecule has 88 valence electrons. The molecule has 1 aromatic carbocycles. The summed E-state index contributed by atoms with van der Waals surface area (Å²) in [6.07, 6.45) is 3.13. The minimum absolute atomic E-state index is 0.264. The standard InChI is InChI=1S/C11H12N4O2/c1-17-14-11(16)10-4-2-9(3-5-10)6-15-8-12-7-13-15/h2-5,7-8H,6H2,1H3,(H,14,16). The Bertz CT molecular complexity index is 479. The van der Waals surface area contributed by atoms with Gasteiger partial charge in [-0.25, -0.2) is 15.1 Å². The minimum Gasteiger partial charge on any atom is -0.277 e. The number of hydroxylamine groups is 1. The van der Waals surface area contributed by atoms with Crippen molar-refractivity contribution in [3.05, 3.63) is 48.0 Å². The lowest BCUT2D eigenvalue weighted by Crippen LogP contribution is -2.21. The van der Waals surface area contributed by atoms with Gasteiger partial charge in [0.2, 0.25) is 0 Å². The van der Waals surface area contributed by atoms with E-state index in [9.17, 15) is 4.79 Å². The third-order valence-electron chi connectivity index (χ3n) is 2.22. The Hall–Kier alpha value is -2.21. The molecule has 0 aliphatic rings. The van der Waals surface area contributed by atoms with E-state index in [1.807, 2.05) is 12.1 Å². The van der Waals surface area contributed by atoms with Crippen LogP contribution in [0.15, 0.2) is 36.9 Å². The maximum atomic E-state index is 11.4. The van der Waals surface area contributed by atoms with Crippen LogP contribution in [0.2, 0.25) is 0 Å². The minimum atomic E-state index is -0.264. The molecule has 17 heavy (non-hydrogen) atoms. The van der Waals surface area contributed by atoms with Crippen LogP contribution in [-0.2, 0) is 11.4 Å². The van der Waals surface area contributed by atoms with Gasteiger partial charge in [0.1, 0.15) is 12.7 Å². The second-order valence-corrected chi connectivity index (χ2v) is 3.43. The van der Waals surface area contributed by atoms with Crippen molar-refractivity contribution >= 4 is 5.91 Å². The average molecular weight is 232 g/mol. The number of aromatic nitrogens is 3. The molecule has 0 bridgehead atoms. The normalized spacial score (nSPS) is 10.2. The summed E-state index contributed by atoms with van der Waals surface area (Å²) in [5.74, 6) is -0.264. The van der Waals surface area contributed by atoms with Crippen LogP contribution in [0.4, 0.5) is 0 Å². The fraction of sp³-hybridized carbons (Fsp3) is 0.182. The molecule has 0 saturated carbocycles. The number of amides is 1. The zero-order valence-corrected chi connectivity index (χ0v) is 9.33. The van der Waals surface area contributed by atoms with Gasteiger partial charge >= 0.3 is 0 Å². The Morgan fingerprint density at radius 3 is 2.76 bits per heavy atom. The molecule has 0 spiro atoms. The zero-order valence-electron chi connectivity index (χ0n) is 9.33. The number of nitrogens with zero attached hydrogens (tertiary/aromatic N) is 3. The van der Waals surface area contributed by atoms with Crippen molar-refractivity contribution in [2.75, 3.05) is 7.11 Å². The molecule has 1 N–H and O–H groups in total. The first kappa shape index (κ1) is 11.3. The quantitative estimate of drug-likeness (QED) is 0.784. The van der Waals surface area contributed by atoms with Crippen LogP contribution >= 0.6 is 0 Å². The van der Waals surface area contributed by atoms with Gasteiger partial charge in [0.25, 0.3) is 5.91 Å². The van der Waals surface area contributed by atoms with Crippen molar-refractivity contribution in [3.63, 3.8) is 0 Å². The molecule has 0 fully saturated rings. The molecule has 1 aromatic heterocycles.